The molecule has 8 rings (SSSR count). The molecule has 0 aromatic carbocycles. The second kappa shape index (κ2) is 15.7. The maximum Gasteiger partial charge on any atom is 0.159 e. The first kappa shape index (κ1) is 34.1. The standard InChI is InChI=1S/2C16H12OS6/c2*1-18-15-16(19-2)23-14-12(10-6-4-8-21-10)17-11(13(14)22-15)9-5-3-7-20-9/h2*3-8H,1-2H3. The lowest BCUT2D eigenvalue weighted by Gasteiger charge is -2.17. The van der Waals surface area contributed by atoms with Gasteiger partial charge in [-0.05, 0) is 70.8 Å². The highest BCUT2D eigenvalue weighted by Gasteiger charge is 2.32. The topological polar surface area (TPSA) is 26.3 Å². The Morgan fingerprint density at radius 1 is 0.391 bits per heavy atom. The third-order valence-electron chi connectivity index (χ3n) is 6.48. The lowest BCUT2D eigenvalue weighted by molar-refractivity contribution is 0.592. The molecule has 2 aliphatic rings. The summed E-state index contributed by atoms with van der Waals surface area (Å²) in [6.45, 7) is 0. The monoisotopic (exact) mass is 824 g/mol. The van der Waals surface area contributed by atoms with E-state index in [1.165, 1.54) is 56.0 Å². The van der Waals surface area contributed by atoms with Gasteiger partial charge in [-0.2, -0.15) is 0 Å². The van der Waals surface area contributed by atoms with Crippen LogP contribution in [0.25, 0.3) is 42.5 Å². The van der Waals surface area contributed by atoms with E-state index in [4.69, 9.17) is 8.83 Å². The van der Waals surface area contributed by atoms with Crippen LogP contribution in [0.1, 0.15) is 0 Å². The van der Waals surface area contributed by atoms with Gasteiger partial charge in [-0.1, -0.05) is 71.3 Å². The number of thiophene rings is 4. The minimum atomic E-state index is 1.02. The molecule has 0 N–H and O–H groups in total. The van der Waals surface area contributed by atoms with Gasteiger partial charge in [0.15, 0.2) is 23.0 Å². The first-order valence-electron chi connectivity index (χ1n) is 13.5. The van der Waals surface area contributed by atoms with E-state index in [1.54, 1.807) is 45.3 Å². The van der Waals surface area contributed by atoms with Crippen molar-refractivity contribution in [3.8, 4) is 42.5 Å². The van der Waals surface area contributed by atoms with Gasteiger partial charge in [0.2, 0.25) is 0 Å². The molecule has 0 atom stereocenters. The molecular weight excluding hydrogens is 801 g/mol. The largest absolute Gasteiger partial charge is 0.452 e. The summed E-state index contributed by atoms with van der Waals surface area (Å²) in [6.07, 6.45) is 8.59. The summed E-state index contributed by atoms with van der Waals surface area (Å²) >= 11 is 21.6. The van der Waals surface area contributed by atoms with E-state index in [9.17, 15) is 0 Å². The number of hydrogen-bond donors (Lipinski definition) is 0. The van der Waals surface area contributed by atoms with Crippen LogP contribution in [0, 0.1) is 0 Å². The van der Waals surface area contributed by atoms with Gasteiger partial charge < -0.3 is 8.83 Å². The van der Waals surface area contributed by atoms with Crippen LogP contribution in [0.5, 0.6) is 0 Å². The summed E-state index contributed by atoms with van der Waals surface area (Å²) in [5, 5.41) is 8.42. The molecule has 0 saturated carbocycles. The van der Waals surface area contributed by atoms with Gasteiger partial charge in [-0.15, -0.1) is 92.4 Å². The van der Waals surface area contributed by atoms with Crippen LogP contribution >= 0.6 is 139 Å². The Balaban J connectivity index is 0.000000147. The molecule has 46 heavy (non-hydrogen) atoms. The zero-order valence-electron chi connectivity index (χ0n) is 24.6. The third-order valence-corrected chi connectivity index (χ3v) is 20.5. The Bertz CT molecular complexity index is 1690. The fourth-order valence-electron chi connectivity index (χ4n) is 4.49. The van der Waals surface area contributed by atoms with Gasteiger partial charge in [-0.3, -0.25) is 0 Å². The molecular formula is C32H24O2S12. The Kier molecular flexibility index (Phi) is 11.6. The number of furan rings is 2. The van der Waals surface area contributed by atoms with Crippen molar-refractivity contribution in [3.05, 3.63) is 87.0 Å². The van der Waals surface area contributed by atoms with Crippen molar-refractivity contribution in [1.29, 1.82) is 0 Å². The van der Waals surface area contributed by atoms with Crippen molar-refractivity contribution < 1.29 is 8.83 Å². The number of fused-ring (bicyclic) bond motifs is 2. The molecule has 0 saturated heterocycles. The SMILES string of the molecule is CSC1=C(SC)Sc2c(-c3cccs3)oc(-c3cccs3)c2S1.CSC1=C(SC)Sc2c(-c3cccs3)oc(-c3cccs3)c2S1. The second-order valence-electron chi connectivity index (χ2n) is 9.12. The highest BCUT2D eigenvalue weighted by atomic mass is 32.2. The molecule has 6 aromatic rings. The predicted molar refractivity (Wildman–Crippen MR) is 222 cm³/mol. The van der Waals surface area contributed by atoms with E-state index >= 15 is 0 Å². The normalized spacial score (nSPS) is 14.3. The Morgan fingerprint density at radius 3 is 0.804 bits per heavy atom. The van der Waals surface area contributed by atoms with Crippen LogP contribution in [0.2, 0.25) is 0 Å². The van der Waals surface area contributed by atoms with Crippen LogP contribution in [0.15, 0.2) is 115 Å². The summed E-state index contributed by atoms with van der Waals surface area (Å²) in [5.74, 6) is 4.07. The predicted octanol–water partition coefficient (Wildman–Crippen LogP) is 15.6. The molecule has 0 radical (unpaired) electrons. The number of rotatable bonds is 8. The van der Waals surface area contributed by atoms with Crippen molar-refractivity contribution in [2.24, 2.45) is 0 Å². The summed E-state index contributed by atoms with van der Waals surface area (Å²) in [6, 6.07) is 16.9. The molecule has 6 aromatic heterocycles. The first-order chi connectivity index (χ1) is 22.6. The highest BCUT2D eigenvalue weighted by molar-refractivity contribution is 8.30. The molecule has 0 fully saturated rings. The maximum atomic E-state index is 6.38. The van der Waals surface area contributed by atoms with Crippen LogP contribution in [-0.4, -0.2) is 25.0 Å². The lowest BCUT2D eigenvalue weighted by atomic mass is 10.3. The minimum absolute atomic E-state index is 1.02. The van der Waals surface area contributed by atoms with Crippen molar-refractivity contribution in [3.63, 3.8) is 0 Å². The van der Waals surface area contributed by atoms with Gasteiger partial charge in [0.1, 0.15) is 0 Å². The van der Waals surface area contributed by atoms with Crippen molar-refractivity contribution >= 4 is 139 Å². The van der Waals surface area contributed by atoms with E-state index in [1.807, 2.05) is 94.1 Å². The van der Waals surface area contributed by atoms with Gasteiger partial charge in [-0.25, -0.2) is 0 Å². The molecule has 0 spiro atoms. The molecule has 236 valence electrons. The van der Waals surface area contributed by atoms with Gasteiger partial charge in [0.05, 0.1) is 56.0 Å². The van der Waals surface area contributed by atoms with Gasteiger partial charge in [0.25, 0.3) is 0 Å². The zero-order chi connectivity index (χ0) is 31.6. The van der Waals surface area contributed by atoms with E-state index in [0.717, 1.165) is 23.0 Å². The van der Waals surface area contributed by atoms with Crippen LogP contribution in [0.4, 0.5) is 0 Å². The molecule has 0 bridgehead atoms. The smallest absolute Gasteiger partial charge is 0.159 e. The minimum Gasteiger partial charge on any atom is -0.452 e. The maximum absolute atomic E-state index is 6.38. The van der Waals surface area contributed by atoms with Gasteiger partial charge in [0, 0.05) is 0 Å². The van der Waals surface area contributed by atoms with E-state index in [0.29, 0.717) is 0 Å². The van der Waals surface area contributed by atoms with Crippen molar-refractivity contribution in [2.45, 2.75) is 19.6 Å². The molecule has 2 aliphatic heterocycles. The summed E-state index contributed by atoms with van der Waals surface area (Å²) < 4.78 is 18.2. The Morgan fingerprint density at radius 2 is 0.630 bits per heavy atom. The molecule has 0 unspecified atom stereocenters. The number of thioether (sulfide) groups is 8. The highest BCUT2D eigenvalue weighted by Crippen LogP contribution is 2.61. The Labute approximate surface area is 318 Å². The van der Waals surface area contributed by atoms with Gasteiger partial charge >= 0.3 is 0 Å². The van der Waals surface area contributed by atoms with Crippen molar-refractivity contribution in [1.82, 2.24) is 0 Å². The fourth-order valence-corrected chi connectivity index (χ4v) is 16.9. The molecule has 0 amide bonds. The van der Waals surface area contributed by atoms with Crippen LogP contribution < -0.4 is 0 Å². The van der Waals surface area contributed by atoms with Crippen LogP contribution in [-0.2, 0) is 0 Å². The summed E-state index contributed by atoms with van der Waals surface area (Å²) in [7, 11) is 0. The van der Waals surface area contributed by atoms with E-state index in [2.05, 4.69) is 95.1 Å². The summed E-state index contributed by atoms with van der Waals surface area (Å²) in [4.78, 5) is 9.86. The molecule has 14 heteroatoms. The lowest BCUT2D eigenvalue weighted by Crippen LogP contribution is -1.87. The first-order valence-corrected chi connectivity index (χ1v) is 25.2. The second-order valence-corrected chi connectivity index (χ2v) is 21.3. The van der Waals surface area contributed by atoms with Crippen molar-refractivity contribution in [2.75, 3.05) is 25.0 Å². The molecule has 0 aliphatic carbocycles. The molecule has 8 heterocycles. The summed E-state index contributed by atoms with van der Waals surface area (Å²) in [5.41, 5.74) is 0. The average Bonchev–Trinajstić information content (AvgIpc) is 3.94. The average molecular weight is 825 g/mol. The van der Waals surface area contributed by atoms with E-state index < -0.39 is 0 Å². The van der Waals surface area contributed by atoms with E-state index in [-0.39, 0.29) is 0 Å². The number of hydrogen-bond acceptors (Lipinski definition) is 14. The fraction of sp³-hybridized carbons (Fsp3) is 0.125. The third kappa shape index (κ3) is 6.85. The molecule has 2 nitrogen and oxygen atoms in total. The Hall–Kier alpha value is -0.360. The van der Waals surface area contributed by atoms with Crippen LogP contribution in [0.3, 0.4) is 0 Å². The quantitative estimate of drug-likeness (QED) is 0.148. The zero-order valence-corrected chi connectivity index (χ0v) is 34.4.